The first-order chi connectivity index (χ1) is 8.58. The Kier molecular flexibility index (Phi) is 3.45. The average Bonchev–Trinajstić information content (AvgIpc) is 2.94. The van der Waals surface area contributed by atoms with Crippen molar-refractivity contribution >= 4 is 5.91 Å². The van der Waals surface area contributed by atoms with E-state index in [0.29, 0.717) is 18.0 Å². The number of carbonyl (C=O) groups is 1. The molecule has 0 bridgehead atoms. The topological polar surface area (TPSA) is 73.0 Å². The molecule has 1 amide bonds. The quantitative estimate of drug-likeness (QED) is 0.889. The fourth-order valence-corrected chi connectivity index (χ4v) is 1.62. The molecule has 0 aliphatic carbocycles. The Morgan fingerprint density at radius 1 is 1.56 bits per heavy atom. The zero-order valence-electron chi connectivity index (χ0n) is 10.7. The first-order valence-electron chi connectivity index (χ1n) is 5.77. The molecule has 0 aliphatic heterocycles. The van der Waals surface area contributed by atoms with Crippen molar-refractivity contribution in [2.45, 2.75) is 26.8 Å². The molecule has 0 saturated heterocycles. The highest BCUT2D eigenvalue weighted by Crippen LogP contribution is 2.07. The number of amides is 1. The molecule has 2 heterocycles. The summed E-state index contributed by atoms with van der Waals surface area (Å²) in [7, 11) is 0. The predicted molar refractivity (Wildman–Crippen MR) is 65.2 cm³/mol. The van der Waals surface area contributed by atoms with Crippen LogP contribution in [0.1, 0.15) is 34.8 Å². The molecule has 0 unspecified atom stereocenters. The van der Waals surface area contributed by atoms with Crippen molar-refractivity contribution < 1.29 is 9.21 Å². The average molecular weight is 248 g/mol. The summed E-state index contributed by atoms with van der Waals surface area (Å²) in [5.41, 5.74) is 1.43. The molecule has 0 radical (unpaired) electrons. The highest BCUT2D eigenvalue weighted by Gasteiger charge is 2.14. The van der Waals surface area contributed by atoms with Crippen LogP contribution < -0.4 is 5.32 Å². The van der Waals surface area contributed by atoms with E-state index in [1.165, 1.54) is 6.39 Å². The molecule has 0 spiro atoms. The van der Waals surface area contributed by atoms with Crippen LogP contribution >= 0.6 is 0 Å². The van der Waals surface area contributed by atoms with E-state index in [0.717, 1.165) is 5.56 Å². The Morgan fingerprint density at radius 3 is 2.89 bits per heavy atom. The normalized spacial score (nSPS) is 12.4. The Morgan fingerprint density at radius 2 is 2.33 bits per heavy atom. The van der Waals surface area contributed by atoms with Gasteiger partial charge in [0.25, 0.3) is 5.91 Å². The molecular formula is C12H16N4O2. The molecule has 6 nitrogen and oxygen atoms in total. The number of nitrogens with one attached hydrogen (secondary N) is 1. The van der Waals surface area contributed by atoms with Crippen molar-refractivity contribution in [1.29, 1.82) is 0 Å². The monoisotopic (exact) mass is 248 g/mol. The first kappa shape index (κ1) is 12.3. The van der Waals surface area contributed by atoms with Crippen molar-refractivity contribution in [3.8, 4) is 0 Å². The minimum absolute atomic E-state index is 0.0925. The SMILES string of the molecule is Cc1cnn([C@H](C)CNC(=O)c2ncoc2C)c1. The second kappa shape index (κ2) is 5.03. The minimum atomic E-state index is -0.225. The van der Waals surface area contributed by atoms with Crippen LogP contribution in [0.15, 0.2) is 23.2 Å². The number of nitrogens with zero attached hydrogens (tertiary/aromatic N) is 3. The molecule has 1 N–H and O–H groups in total. The zero-order valence-corrected chi connectivity index (χ0v) is 10.7. The van der Waals surface area contributed by atoms with Crippen molar-refractivity contribution in [2.75, 3.05) is 6.54 Å². The Bertz CT molecular complexity index is 544. The molecule has 2 aromatic heterocycles. The fraction of sp³-hybridized carbons (Fsp3) is 0.417. The molecule has 6 heteroatoms. The largest absolute Gasteiger partial charge is 0.448 e. The Balaban J connectivity index is 1.92. The van der Waals surface area contributed by atoms with Gasteiger partial charge in [0.2, 0.25) is 0 Å². The summed E-state index contributed by atoms with van der Waals surface area (Å²) in [6, 6.07) is 0.0925. The van der Waals surface area contributed by atoms with Crippen LogP contribution in [-0.4, -0.2) is 27.2 Å². The van der Waals surface area contributed by atoms with Gasteiger partial charge in [0.15, 0.2) is 12.1 Å². The molecule has 0 saturated carbocycles. The number of hydrogen-bond acceptors (Lipinski definition) is 4. The summed E-state index contributed by atoms with van der Waals surface area (Å²) in [6.07, 6.45) is 5.00. The van der Waals surface area contributed by atoms with Gasteiger partial charge < -0.3 is 9.73 Å². The van der Waals surface area contributed by atoms with E-state index in [4.69, 9.17) is 4.42 Å². The van der Waals surface area contributed by atoms with Gasteiger partial charge in [-0.1, -0.05) is 0 Å². The van der Waals surface area contributed by atoms with E-state index in [-0.39, 0.29) is 11.9 Å². The summed E-state index contributed by atoms with van der Waals surface area (Å²) in [5.74, 6) is 0.298. The summed E-state index contributed by atoms with van der Waals surface area (Å²) in [6.45, 7) is 6.17. The molecule has 0 fully saturated rings. The lowest BCUT2D eigenvalue weighted by Gasteiger charge is -2.12. The van der Waals surface area contributed by atoms with Crippen LogP contribution in [0.4, 0.5) is 0 Å². The molecule has 1 atom stereocenters. The maximum atomic E-state index is 11.8. The summed E-state index contributed by atoms with van der Waals surface area (Å²) in [5, 5.41) is 7.02. The second-order valence-electron chi connectivity index (χ2n) is 4.31. The van der Waals surface area contributed by atoms with Gasteiger partial charge in [-0.15, -0.1) is 0 Å². The summed E-state index contributed by atoms with van der Waals surface area (Å²) < 4.78 is 6.82. The van der Waals surface area contributed by atoms with Crippen molar-refractivity contribution in [2.24, 2.45) is 0 Å². The molecule has 0 aromatic carbocycles. The van der Waals surface area contributed by atoms with Crippen LogP contribution in [0.2, 0.25) is 0 Å². The maximum absolute atomic E-state index is 11.8. The number of carbonyl (C=O) groups excluding carboxylic acids is 1. The van der Waals surface area contributed by atoms with E-state index in [1.54, 1.807) is 13.1 Å². The lowest BCUT2D eigenvalue weighted by atomic mass is 10.3. The maximum Gasteiger partial charge on any atom is 0.273 e. The number of rotatable bonds is 4. The van der Waals surface area contributed by atoms with Gasteiger partial charge in [-0.3, -0.25) is 9.48 Å². The number of hydrogen-bond donors (Lipinski definition) is 1. The Labute approximate surface area is 105 Å². The van der Waals surface area contributed by atoms with E-state index in [1.807, 2.05) is 24.7 Å². The number of oxazole rings is 1. The van der Waals surface area contributed by atoms with Crippen LogP contribution in [0, 0.1) is 13.8 Å². The van der Waals surface area contributed by atoms with Gasteiger partial charge in [0.05, 0.1) is 12.2 Å². The first-order valence-corrected chi connectivity index (χ1v) is 5.77. The van der Waals surface area contributed by atoms with Crippen molar-refractivity contribution in [3.63, 3.8) is 0 Å². The molecule has 2 rings (SSSR count). The van der Waals surface area contributed by atoms with Gasteiger partial charge in [0.1, 0.15) is 5.76 Å². The lowest BCUT2D eigenvalue weighted by Crippen LogP contribution is -2.30. The molecule has 2 aromatic rings. The van der Waals surface area contributed by atoms with Crippen LogP contribution in [0.5, 0.6) is 0 Å². The third kappa shape index (κ3) is 2.58. The van der Waals surface area contributed by atoms with Gasteiger partial charge in [-0.2, -0.15) is 5.10 Å². The van der Waals surface area contributed by atoms with Crippen LogP contribution in [-0.2, 0) is 0 Å². The highest BCUT2D eigenvalue weighted by atomic mass is 16.3. The standard InChI is InChI=1S/C12H16N4O2/c1-8-4-15-16(6-8)9(2)5-13-12(17)11-10(3)18-7-14-11/h4,6-7,9H,5H2,1-3H3,(H,13,17)/t9-/m1/s1. The van der Waals surface area contributed by atoms with Gasteiger partial charge in [-0.25, -0.2) is 4.98 Å². The number of aryl methyl sites for hydroxylation is 2. The van der Waals surface area contributed by atoms with Gasteiger partial charge >= 0.3 is 0 Å². The lowest BCUT2D eigenvalue weighted by molar-refractivity contribution is 0.0942. The zero-order chi connectivity index (χ0) is 13.1. The van der Waals surface area contributed by atoms with Crippen LogP contribution in [0.3, 0.4) is 0 Å². The summed E-state index contributed by atoms with van der Waals surface area (Å²) >= 11 is 0. The Hall–Kier alpha value is -2.11. The third-order valence-electron chi connectivity index (χ3n) is 2.70. The van der Waals surface area contributed by atoms with Crippen LogP contribution in [0.25, 0.3) is 0 Å². The van der Waals surface area contributed by atoms with Gasteiger partial charge in [0, 0.05) is 12.7 Å². The van der Waals surface area contributed by atoms with Crippen molar-refractivity contribution in [1.82, 2.24) is 20.1 Å². The summed E-state index contributed by atoms with van der Waals surface area (Å²) in [4.78, 5) is 15.7. The minimum Gasteiger partial charge on any atom is -0.448 e. The third-order valence-corrected chi connectivity index (χ3v) is 2.70. The van der Waals surface area contributed by atoms with Gasteiger partial charge in [-0.05, 0) is 26.3 Å². The molecular weight excluding hydrogens is 232 g/mol. The second-order valence-corrected chi connectivity index (χ2v) is 4.31. The highest BCUT2D eigenvalue weighted by molar-refractivity contribution is 5.93. The smallest absolute Gasteiger partial charge is 0.273 e. The predicted octanol–water partition coefficient (Wildman–Crippen LogP) is 1.48. The number of aromatic nitrogens is 3. The van der Waals surface area contributed by atoms with Crippen molar-refractivity contribution in [3.05, 3.63) is 35.8 Å². The fourth-order valence-electron chi connectivity index (χ4n) is 1.62. The van der Waals surface area contributed by atoms with E-state index >= 15 is 0 Å². The van der Waals surface area contributed by atoms with E-state index in [9.17, 15) is 4.79 Å². The molecule has 96 valence electrons. The van der Waals surface area contributed by atoms with E-state index in [2.05, 4.69) is 15.4 Å². The molecule has 0 aliphatic rings. The molecule has 18 heavy (non-hydrogen) atoms. The van der Waals surface area contributed by atoms with E-state index < -0.39 is 0 Å².